The predicted molar refractivity (Wildman–Crippen MR) is 132 cm³/mol. The van der Waals surface area contributed by atoms with Crippen molar-refractivity contribution in [2.45, 2.75) is 52.4 Å². The molecule has 0 fully saturated rings. The highest BCUT2D eigenvalue weighted by molar-refractivity contribution is 6.00. The third kappa shape index (κ3) is 5.97. The van der Waals surface area contributed by atoms with E-state index in [0.717, 1.165) is 17.7 Å². The molecule has 2 unspecified atom stereocenters. The number of carbonyl (C=O) groups is 3. The first kappa shape index (κ1) is 28.2. The molecule has 3 rings (SSSR count). The zero-order chi connectivity index (χ0) is 25.2. The Balaban J connectivity index is 0.00000432. The molecule has 3 atom stereocenters. The Morgan fingerprint density at radius 3 is 2.20 bits per heavy atom. The summed E-state index contributed by atoms with van der Waals surface area (Å²) in [6.45, 7) is 7.23. The Bertz CT molecular complexity index is 1090. The van der Waals surface area contributed by atoms with E-state index in [1.54, 1.807) is 38.2 Å². The highest BCUT2D eigenvalue weighted by Gasteiger charge is 2.44. The highest BCUT2D eigenvalue weighted by Crippen LogP contribution is 2.37. The smallest absolute Gasteiger partial charge is 0.252 e. The van der Waals surface area contributed by atoms with Crippen molar-refractivity contribution in [3.8, 4) is 0 Å². The van der Waals surface area contributed by atoms with Crippen LogP contribution in [0.3, 0.4) is 0 Å². The molecule has 3 N–H and O–H groups in total. The Hall–Kier alpha value is -3.04. The van der Waals surface area contributed by atoms with Gasteiger partial charge in [-0.15, -0.1) is 12.4 Å². The van der Waals surface area contributed by atoms with Gasteiger partial charge in [0.2, 0.25) is 11.8 Å². The Morgan fingerprint density at radius 2 is 1.63 bits per heavy atom. The number of halogens is 3. The van der Waals surface area contributed by atoms with Crippen molar-refractivity contribution in [2.75, 3.05) is 12.4 Å². The number of hydrogen-bond acceptors (Lipinski definition) is 4. The Kier molecular flexibility index (Phi) is 8.97. The third-order valence-corrected chi connectivity index (χ3v) is 5.97. The molecule has 0 spiro atoms. The van der Waals surface area contributed by atoms with Gasteiger partial charge in [-0.25, -0.2) is 8.78 Å². The molecule has 0 saturated heterocycles. The van der Waals surface area contributed by atoms with E-state index in [0.29, 0.717) is 5.56 Å². The van der Waals surface area contributed by atoms with Crippen LogP contribution in [0.25, 0.3) is 0 Å². The zero-order valence-electron chi connectivity index (χ0n) is 20.3. The Labute approximate surface area is 210 Å². The van der Waals surface area contributed by atoms with Crippen LogP contribution in [0.4, 0.5) is 14.5 Å². The van der Waals surface area contributed by atoms with Gasteiger partial charge in [0, 0.05) is 6.54 Å². The second-order valence-electron chi connectivity index (χ2n) is 9.47. The third-order valence-electron chi connectivity index (χ3n) is 5.97. The van der Waals surface area contributed by atoms with Crippen LogP contribution in [0.15, 0.2) is 42.5 Å². The first-order valence-electron chi connectivity index (χ1n) is 11.1. The van der Waals surface area contributed by atoms with Gasteiger partial charge in [-0.2, -0.15) is 0 Å². The van der Waals surface area contributed by atoms with Gasteiger partial charge >= 0.3 is 0 Å². The lowest BCUT2D eigenvalue weighted by molar-refractivity contribution is -0.144. The molecule has 0 radical (unpaired) electrons. The molecule has 10 heteroatoms. The number of para-hydroxylation sites is 1. The van der Waals surface area contributed by atoms with Crippen molar-refractivity contribution in [1.29, 1.82) is 0 Å². The van der Waals surface area contributed by atoms with E-state index in [9.17, 15) is 23.2 Å². The summed E-state index contributed by atoms with van der Waals surface area (Å²) in [7, 11) is 1.64. The minimum absolute atomic E-state index is 0. The molecule has 35 heavy (non-hydrogen) atoms. The monoisotopic (exact) mass is 508 g/mol. The number of benzene rings is 2. The number of amides is 3. The van der Waals surface area contributed by atoms with Crippen molar-refractivity contribution in [3.05, 3.63) is 65.2 Å². The number of fused-ring (bicyclic) bond motifs is 1. The van der Waals surface area contributed by atoms with Crippen LogP contribution in [0.1, 0.15) is 44.9 Å². The first-order chi connectivity index (χ1) is 16.0. The molecular formula is C25H31ClF2N4O3. The fourth-order valence-electron chi connectivity index (χ4n) is 3.90. The molecule has 3 amide bonds. The van der Waals surface area contributed by atoms with Crippen LogP contribution >= 0.6 is 12.4 Å². The van der Waals surface area contributed by atoms with Crippen LogP contribution < -0.4 is 16.0 Å². The first-order valence-corrected chi connectivity index (χ1v) is 11.1. The van der Waals surface area contributed by atoms with Gasteiger partial charge in [-0.05, 0) is 42.6 Å². The molecule has 0 aromatic heterocycles. The van der Waals surface area contributed by atoms with Gasteiger partial charge in [0.1, 0.15) is 29.4 Å². The van der Waals surface area contributed by atoms with E-state index in [1.165, 1.54) is 11.0 Å². The number of anilines is 1. The van der Waals surface area contributed by atoms with Crippen molar-refractivity contribution < 1.29 is 23.2 Å². The summed E-state index contributed by atoms with van der Waals surface area (Å²) in [6, 6.07) is 7.71. The second-order valence-corrected chi connectivity index (χ2v) is 9.47. The molecule has 1 aliphatic rings. The van der Waals surface area contributed by atoms with Gasteiger partial charge in [0.25, 0.3) is 5.91 Å². The average molecular weight is 509 g/mol. The summed E-state index contributed by atoms with van der Waals surface area (Å²) in [5.41, 5.74) is 0.0567. The molecule has 0 saturated carbocycles. The van der Waals surface area contributed by atoms with Gasteiger partial charge in [0.05, 0.1) is 6.04 Å². The molecule has 1 aliphatic heterocycles. The van der Waals surface area contributed by atoms with Crippen molar-refractivity contribution in [1.82, 2.24) is 15.5 Å². The number of rotatable bonds is 6. The number of nitrogens with zero attached hydrogens (tertiary/aromatic N) is 1. The lowest BCUT2D eigenvalue weighted by Crippen LogP contribution is -2.57. The van der Waals surface area contributed by atoms with Gasteiger partial charge in [-0.1, -0.05) is 51.1 Å². The zero-order valence-corrected chi connectivity index (χ0v) is 21.1. The second kappa shape index (κ2) is 11.1. The van der Waals surface area contributed by atoms with Crippen LogP contribution in [0, 0.1) is 17.0 Å². The number of likely N-dealkylation sites (N-methyl/N-ethyl adjacent to an activating group) is 1. The van der Waals surface area contributed by atoms with E-state index in [-0.39, 0.29) is 24.9 Å². The maximum absolute atomic E-state index is 14.2. The fraction of sp³-hybridized carbons (Fsp3) is 0.400. The maximum atomic E-state index is 14.2. The molecule has 7 nitrogen and oxygen atoms in total. The van der Waals surface area contributed by atoms with Gasteiger partial charge < -0.3 is 20.9 Å². The number of carbonyl (C=O) groups excluding carboxylic acids is 3. The van der Waals surface area contributed by atoms with Crippen molar-refractivity contribution >= 4 is 35.8 Å². The summed E-state index contributed by atoms with van der Waals surface area (Å²) < 4.78 is 28.4. The van der Waals surface area contributed by atoms with Gasteiger partial charge in [0.15, 0.2) is 0 Å². The van der Waals surface area contributed by atoms with Crippen molar-refractivity contribution in [2.24, 2.45) is 5.41 Å². The quantitative estimate of drug-likeness (QED) is 0.556. The fourth-order valence-corrected chi connectivity index (χ4v) is 3.90. The van der Waals surface area contributed by atoms with Crippen molar-refractivity contribution in [3.63, 3.8) is 0 Å². The molecule has 2 aromatic carbocycles. The molecule has 0 bridgehead atoms. The van der Waals surface area contributed by atoms with E-state index < -0.39 is 52.7 Å². The highest BCUT2D eigenvalue weighted by atomic mass is 35.5. The maximum Gasteiger partial charge on any atom is 0.252 e. The number of nitrogens with one attached hydrogen (secondary N) is 3. The summed E-state index contributed by atoms with van der Waals surface area (Å²) in [6.07, 6.45) is 0. The van der Waals surface area contributed by atoms with E-state index in [1.807, 2.05) is 20.8 Å². The van der Waals surface area contributed by atoms with Crippen LogP contribution in [0.2, 0.25) is 0 Å². The lowest BCUT2D eigenvalue weighted by Gasteiger charge is -2.36. The minimum atomic E-state index is -1.12. The normalized spacial score (nSPS) is 16.5. The minimum Gasteiger partial charge on any atom is -0.342 e. The van der Waals surface area contributed by atoms with E-state index >= 15 is 0 Å². The summed E-state index contributed by atoms with van der Waals surface area (Å²) in [4.78, 5) is 41.0. The van der Waals surface area contributed by atoms with E-state index in [4.69, 9.17) is 0 Å². The van der Waals surface area contributed by atoms with Crippen LogP contribution in [-0.4, -0.2) is 41.8 Å². The molecule has 190 valence electrons. The summed E-state index contributed by atoms with van der Waals surface area (Å²) >= 11 is 0. The summed E-state index contributed by atoms with van der Waals surface area (Å²) in [5, 5.41) is 7.94. The SMILES string of the molecule is CNC(C)C(=O)NC(C(=O)N1Cc2ccccc2[C@H]1C(=O)Nc1c(F)cccc1F)C(C)(C)C.Cl. The molecule has 1 heterocycles. The van der Waals surface area contributed by atoms with E-state index in [2.05, 4.69) is 16.0 Å². The molecule has 2 aromatic rings. The summed E-state index contributed by atoms with van der Waals surface area (Å²) in [5.74, 6) is -3.40. The standard InChI is InChI=1S/C25H30F2N4O3.ClH/c1-14(28-5)22(32)30-21(25(2,3)4)24(34)31-13-15-9-6-7-10-16(15)20(31)23(33)29-19-17(26)11-8-12-18(19)27;/h6-12,14,20-21,28H,13H2,1-5H3,(H,29,33)(H,30,32);1H/t14?,20-,21?;/m0./s1. The predicted octanol–water partition coefficient (Wildman–Crippen LogP) is 3.55. The molecular weight excluding hydrogens is 478 g/mol. The van der Waals surface area contributed by atoms with Crippen LogP contribution in [0.5, 0.6) is 0 Å². The average Bonchev–Trinajstić information content (AvgIpc) is 3.17. The Morgan fingerprint density at radius 1 is 1.03 bits per heavy atom. The number of hydrogen-bond donors (Lipinski definition) is 3. The largest absolute Gasteiger partial charge is 0.342 e. The molecule has 0 aliphatic carbocycles. The van der Waals surface area contributed by atoms with Gasteiger partial charge in [-0.3, -0.25) is 14.4 Å². The van der Waals surface area contributed by atoms with Crippen LogP contribution in [-0.2, 0) is 20.9 Å². The lowest BCUT2D eigenvalue weighted by atomic mass is 9.85. The topological polar surface area (TPSA) is 90.5 Å².